The predicted molar refractivity (Wildman–Crippen MR) is 115 cm³/mol. The number of anilines is 1. The number of rotatable bonds is 5. The lowest BCUT2D eigenvalue weighted by Crippen LogP contribution is -2.15. The molecule has 1 amide bonds. The molecule has 1 saturated carbocycles. The molecular formula is C23H20FN5O2. The minimum atomic E-state index is -1.08. The van der Waals surface area contributed by atoms with Crippen molar-refractivity contribution < 1.29 is 14.4 Å². The van der Waals surface area contributed by atoms with Crippen molar-refractivity contribution in [1.82, 2.24) is 9.97 Å². The number of hydrogen-bond acceptors (Lipinski definition) is 6. The summed E-state index contributed by atoms with van der Waals surface area (Å²) in [6.07, 6.45) is 2.99. The summed E-state index contributed by atoms with van der Waals surface area (Å²) in [5.74, 6) is -0.654. The first-order valence-corrected chi connectivity index (χ1v) is 9.92. The summed E-state index contributed by atoms with van der Waals surface area (Å²) in [4.78, 5) is 20.6. The number of aryl methyl sites for hydroxylation is 1. The van der Waals surface area contributed by atoms with Crippen LogP contribution in [0.5, 0.6) is 0 Å². The van der Waals surface area contributed by atoms with E-state index in [9.17, 15) is 14.4 Å². The highest BCUT2D eigenvalue weighted by molar-refractivity contribution is 5.99. The van der Waals surface area contributed by atoms with Crippen LogP contribution in [-0.4, -0.2) is 33.0 Å². The molecule has 2 N–H and O–H groups in total. The average molecular weight is 417 g/mol. The largest absolute Gasteiger partial charge is 0.411 e. The fourth-order valence-corrected chi connectivity index (χ4v) is 3.53. The monoisotopic (exact) mass is 417 g/mol. The second-order valence-electron chi connectivity index (χ2n) is 7.56. The maximum absolute atomic E-state index is 13.1. The van der Waals surface area contributed by atoms with E-state index in [1.54, 1.807) is 24.5 Å². The predicted octanol–water partition coefficient (Wildman–Crippen LogP) is 4.36. The number of alkyl halides is 1. The van der Waals surface area contributed by atoms with Gasteiger partial charge in [0.05, 0.1) is 23.2 Å². The molecule has 7 nitrogen and oxygen atoms in total. The van der Waals surface area contributed by atoms with Gasteiger partial charge >= 0.3 is 0 Å². The first-order chi connectivity index (χ1) is 14.9. The maximum atomic E-state index is 13.1. The fraction of sp³-hybridized carbons (Fsp3) is 0.261. The molecular weight excluding hydrogens is 397 g/mol. The van der Waals surface area contributed by atoms with Crippen LogP contribution in [0.15, 0.2) is 41.8 Å². The van der Waals surface area contributed by atoms with E-state index in [1.807, 2.05) is 26.0 Å². The van der Waals surface area contributed by atoms with E-state index in [1.165, 1.54) is 0 Å². The van der Waals surface area contributed by atoms with Gasteiger partial charge in [0.15, 0.2) is 0 Å². The number of nitrogens with one attached hydrogen (secondary N) is 1. The summed E-state index contributed by atoms with van der Waals surface area (Å²) < 4.78 is 13.1. The summed E-state index contributed by atoms with van der Waals surface area (Å²) in [5.41, 5.74) is 3.90. The number of benzene rings is 1. The number of pyridine rings is 2. The molecule has 2 atom stereocenters. The zero-order valence-corrected chi connectivity index (χ0v) is 17.1. The number of aromatic nitrogens is 2. The molecule has 0 aliphatic heterocycles. The second-order valence-corrected chi connectivity index (χ2v) is 7.56. The molecule has 1 aliphatic carbocycles. The quantitative estimate of drug-likeness (QED) is 0.364. The molecule has 2 heterocycles. The van der Waals surface area contributed by atoms with Crippen molar-refractivity contribution in [3.63, 3.8) is 0 Å². The van der Waals surface area contributed by atoms with Crippen molar-refractivity contribution in [3.05, 3.63) is 53.5 Å². The van der Waals surface area contributed by atoms with Crippen LogP contribution in [0.25, 0.3) is 21.9 Å². The number of hydrogen-bond donors (Lipinski definition) is 2. The number of halogens is 1. The van der Waals surface area contributed by atoms with Crippen LogP contribution in [0.2, 0.25) is 0 Å². The molecule has 1 aromatic carbocycles. The molecule has 0 radical (unpaired) electrons. The van der Waals surface area contributed by atoms with Gasteiger partial charge in [-0.1, -0.05) is 12.1 Å². The number of fused-ring (bicyclic) bond motifs is 1. The summed E-state index contributed by atoms with van der Waals surface area (Å²) in [5, 5.41) is 26.3. The minimum Gasteiger partial charge on any atom is -0.411 e. The first kappa shape index (κ1) is 20.4. The molecule has 1 fully saturated rings. The van der Waals surface area contributed by atoms with Crippen molar-refractivity contribution in [1.29, 1.82) is 5.26 Å². The van der Waals surface area contributed by atoms with E-state index in [4.69, 9.17) is 5.21 Å². The third kappa shape index (κ3) is 3.94. The fourth-order valence-electron chi connectivity index (χ4n) is 3.53. The van der Waals surface area contributed by atoms with Crippen LogP contribution >= 0.6 is 0 Å². The van der Waals surface area contributed by atoms with E-state index in [-0.39, 0.29) is 12.3 Å². The summed E-state index contributed by atoms with van der Waals surface area (Å²) >= 11 is 0. The number of oxime groups is 1. The maximum Gasteiger partial charge on any atom is 0.231 e. The van der Waals surface area contributed by atoms with Gasteiger partial charge in [-0.2, -0.15) is 5.26 Å². The number of amides is 1. The van der Waals surface area contributed by atoms with Crippen molar-refractivity contribution in [2.24, 2.45) is 11.1 Å². The first-order valence-electron chi connectivity index (χ1n) is 9.92. The minimum absolute atomic E-state index is 0.247. The topological polar surface area (TPSA) is 111 Å². The van der Waals surface area contributed by atoms with Crippen LogP contribution in [0.1, 0.15) is 36.6 Å². The van der Waals surface area contributed by atoms with Gasteiger partial charge in [-0.3, -0.25) is 9.78 Å². The van der Waals surface area contributed by atoms with Gasteiger partial charge in [0.1, 0.15) is 17.7 Å². The third-order valence-electron chi connectivity index (χ3n) is 5.43. The lowest BCUT2D eigenvalue weighted by atomic mass is 9.94. The Balaban J connectivity index is 1.71. The zero-order chi connectivity index (χ0) is 22.1. The molecule has 0 spiro atoms. The molecule has 3 aromatic rings. The highest BCUT2D eigenvalue weighted by Gasteiger charge is 2.43. The number of nitriles is 1. The average Bonchev–Trinajstić information content (AvgIpc) is 3.50. The van der Waals surface area contributed by atoms with E-state index in [0.717, 1.165) is 21.9 Å². The second kappa shape index (κ2) is 8.11. The van der Waals surface area contributed by atoms with Crippen LogP contribution in [-0.2, 0) is 4.79 Å². The van der Waals surface area contributed by atoms with Gasteiger partial charge in [-0.05, 0) is 55.0 Å². The molecule has 31 heavy (non-hydrogen) atoms. The van der Waals surface area contributed by atoms with Gasteiger partial charge in [-0.15, -0.1) is 0 Å². The normalized spacial score (nSPS) is 17.9. The van der Waals surface area contributed by atoms with E-state index in [2.05, 4.69) is 26.5 Å². The number of nitrogens with zero attached hydrogens (tertiary/aromatic N) is 4. The van der Waals surface area contributed by atoms with Crippen molar-refractivity contribution in [2.75, 3.05) is 5.32 Å². The van der Waals surface area contributed by atoms with Crippen molar-refractivity contribution in [2.45, 2.75) is 32.9 Å². The van der Waals surface area contributed by atoms with Crippen LogP contribution in [0.3, 0.4) is 0 Å². The highest BCUT2D eigenvalue weighted by Crippen LogP contribution is 2.35. The lowest BCUT2D eigenvalue weighted by Gasteiger charge is -2.12. The van der Waals surface area contributed by atoms with E-state index >= 15 is 0 Å². The van der Waals surface area contributed by atoms with Gasteiger partial charge in [0, 0.05) is 28.9 Å². The lowest BCUT2D eigenvalue weighted by molar-refractivity contribution is -0.117. The van der Waals surface area contributed by atoms with Crippen molar-refractivity contribution in [3.8, 4) is 17.2 Å². The smallest absolute Gasteiger partial charge is 0.231 e. The molecule has 0 saturated heterocycles. The Labute approximate surface area is 178 Å². The van der Waals surface area contributed by atoms with Gasteiger partial charge in [0.25, 0.3) is 0 Å². The Bertz CT molecular complexity index is 1260. The highest BCUT2D eigenvalue weighted by atomic mass is 19.1. The standard InChI is InChI=1S/C23H20FN5O2/c1-3-20(29-31)21-4-12(2)18(11-26-21)16-6-15-10-27-22(7-13(15)5-14(16)9-25)28-23(30)17-8-19(17)24/h4-7,10-11,17,19,31H,3,8H2,1-2H3,(H,27,28,30)/b29-20+/t17-,19+/m1/s1. The SMILES string of the molecule is CC/C(=N\O)c1cc(C)c(-c2cc3cnc(NC(=O)[C@@H]4C[C@@H]4F)cc3cc2C#N)cn1. The Morgan fingerprint density at radius 2 is 2.03 bits per heavy atom. The van der Waals surface area contributed by atoms with Crippen molar-refractivity contribution >= 4 is 28.2 Å². The molecule has 2 aromatic heterocycles. The van der Waals surface area contributed by atoms with E-state index < -0.39 is 12.1 Å². The molecule has 156 valence electrons. The molecule has 0 unspecified atom stereocenters. The molecule has 8 heteroatoms. The van der Waals surface area contributed by atoms with Gasteiger partial charge in [0.2, 0.25) is 5.91 Å². The van der Waals surface area contributed by atoms with Gasteiger partial charge in [-0.25, -0.2) is 9.37 Å². The zero-order valence-electron chi connectivity index (χ0n) is 17.1. The van der Waals surface area contributed by atoms with E-state index in [0.29, 0.717) is 34.8 Å². The molecule has 4 rings (SSSR count). The Hall–Kier alpha value is -3.86. The summed E-state index contributed by atoms with van der Waals surface area (Å²) in [6, 6.07) is 9.31. The number of carbonyl (C=O) groups is 1. The molecule has 1 aliphatic rings. The van der Waals surface area contributed by atoms with Gasteiger partial charge < -0.3 is 10.5 Å². The number of carbonyl (C=O) groups excluding carboxylic acids is 1. The summed E-state index contributed by atoms with van der Waals surface area (Å²) in [7, 11) is 0. The Morgan fingerprint density at radius 3 is 2.65 bits per heavy atom. The Kier molecular flexibility index (Phi) is 5.34. The van der Waals surface area contributed by atoms with Crippen LogP contribution in [0, 0.1) is 24.2 Å². The van der Waals surface area contributed by atoms with Crippen LogP contribution in [0.4, 0.5) is 10.2 Å². The Morgan fingerprint density at radius 1 is 1.26 bits per heavy atom. The summed E-state index contributed by atoms with van der Waals surface area (Å²) in [6.45, 7) is 3.78. The van der Waals surface area contributed by atoms with Crippen LogP contribution < -0.4 is 5.32 Å². The third-order valence-corrected chi connectivity index (χ3v) is 5.43. The molecule has 0 bridgehead atoms.